The summed E-state index contributed by atoms with van der Waals surface area (Å²) in [6.07, 6.45) is 1.75. The highest BCUT2D eigenvalue weighted by molar-refractivity contribution is 9.10. The SMILES string of the molecule is COc1cc(/C=N\NC(=O)Cc2ccc(Br)c3ccccc23)cc(OC)c1OC. The monoisotopic (exact) mass is 456 g/mol. The summed E-state index contributed by atoms with van der Waals surface area (Å²) in [7, 11) is 4.63. The van der Waals surface area contributed by atoms with Crippen LogP contribution in [-0.4, -0.2) is 33.5 Å². The van der Waals surface area contributed by atoms with Gasteiger partial charge >= 0.3 is 0 Å². The molecule has 0 saturated heterocycles. The average molecular weight is 457 g/mol. The summed E-state index contributed by atoms with van der Waals surface area (Å²) in [5.74, 6) is 1.32. The predicted molar refractivity (Wildman–Crippen MR) is 117 cm³/mol. The first-order valence-corrected chi connectivity index (χ1v) is 9.64. The molecule has 0 heterocycles. The van der Waals surface area contributed by atoms with Gasteiger partial charge in [0, 0.05) is 10.0 Å². The summed E-state index contributed by atoms with van der Waals surface area (Å²) < 4.78 is 16.9. The minimum atomic E-state index is -0.207. The van der Waals surface area contributed by atoms with Crippen LogP contribution in [0.3, 0.4) is 0 Å². The number of halogens is 1. The number of carbonyl (C=O) groups is 1. The highest BCUT2D eigenvalue weighted by Gasteiger charge is 2.12. The molecule has 29 heavy (non-hydrogen) atoms. The Morgan fingerprint density at radius 1 is 1.00 bits per heavy atom. The summed E-state index contributed by atoms with van der Waals surface area (Å²) >= 11 is 3.55. The second-order valence-corrected chi connectivity index (χ2v) is 7.04. The molecule has 3 rings (SSSR count). The normalized spacial score (nSPS) is 10.9. The van der Waals surface area contributed by atoms with Crippen molar-refractivity contribution in [3.05, 3.63) is 64.1 Å². The van der Waals surface area contributed by atoms with E-state index >= 15 is 0 Å². The maximum atomic E-state index is 12.4. The Balaban J connectivity index is 1.73. The smallest absolute Gasteiger partial charge is 0.244 e. The van der Waals surface area contributed by atoms with Crippen LogP contribution in [0.25, 0.3) is 10.8 Å². The number of hydrogen-bond donors (Lipinski definition) is 1. The zero-order valence-corrected chi connectivity index (χ0v) is 17.9. The third-order valence-electron chi connectivity index (χ3n) is 4.40. The molecule has 0 fully saturated rings. The molecule has 0 atom stereocenters. The van der Waals surface area contributed by atoms with Gasteiger partial charge in [-0.25, -0.2) is 5.43 Å². The molecule has 0 spiro atoms. The van der Waals surface area contributed by atoms with Crippen molar-refractivity contribution in [1.29, 1.82) is 0 Å². The van der Waals surface area contributed by atoms with Gasteiger partial charge in [-0.3, -0.25) is 4.79 Å². The first-order valence-electron chi connectivity index (χ1n) is 8.85. The van der Waals surface area contributed by atoms with Crippen LogP contribution >= 0.6 is 15.9 Å². The van der Waals surface area contributed by atoms with E-state index in [4.69, 9.17) is 14.2 Å². The lowest BCUT2D eigenvalue weighted by Gasteiger charge is -2.12. The maximum absolute atomic E-state index is 12.4. The number of rotatable bonds is 7. The number of hydrogen-bond acceptors (Lipinski definition) is 5. The van der Waals surface area contributed by atoms with Gasteiger partial charge in [0.2, 0.25) is 11.7 Å². The first kappa shape index (κ1) is 20.7. The van der Waals surface area contributed by atoms with Crippen molar-refractivity contribution in [2.45, 2.75) is 6.42 Å². The Hall–Kier alpha value is -3.06. The van der Waals surface area contributed by atoms with Crippen molar-refractivity contribution >= 4 is 38.8 Å². The minimum absolute atomic E-state index is 0.207. The molecule has 3 aromatic rings. The molecule has 3 aromatic carbocycles. The van der Waals surface area contributed by atoms with Gasteiger partial charge in [-0.15, -0.1) is 0 Å². The minimum Gasteiger partial charge on any atom is -0.493 e. The first-order chi connectivity index (χ1) is 14.1. The molecule has 0 aliphatic heterocycles. The van der Waals surface area contributed by atoms with Gasteiger partial charge in [0.05, 0.1) is 34.0 Å². The Kier molecular flexibility index (Phi) is 6.72. The molecule has 0 aromatic heterocycles. The van der Waals surface area contributed by atoms with Gasteiger partial charge < -0.3 is 14.2 Å². The Bertz CT molecular complexity index is 1040. The number of nitrogens with one attached hydrogen (secondary N) is 1. The third-order valence-corrected chi connectivity index (χ3v) is 5.09. The molecule has 0 bridgehead atoms. The van der Waals surface area contributed by atoms with Gasteiger partial charge in [0.15, 0.2) is 11.5 Å². The molecule has 1 amide bonds. The number of ether oxygens (including phenoxy) is 3. The van der Waals surface area contributed by atoms with Gasteiger partial charge in [-0.1, -0.05) is 46.3 Å². The van der Waals surface area contributed by atoms with Crippen molar-refractivity contribution in [3.8, 4) is 17.2 Å². The number of fused-ring (bicyclic) bond motifs is 1. The quantitative estimate of drug-likeness (QED) is 0.424. The van der Waals surface area contributed by atoms with Gasteiger partial charge in [-0.05, 0) is 34.5 Å². The lowest BCUT2D eigenvalue weighted by Crippen LogP contribution is -2.20. The summed E-state index contributed by atoms with van der Waals surface area (Å²) in [6.45, 7) is 0. The topological polar surface area (TPSA) is 69.2 Å². The molecule has 0 aliphatic rings. The number of hydrazone groups is 1. The molecular weight excluding hydrogens is 436 g/mol. The van der Waals surface area contributed by atoms with Crippen LogP contribution < -0.4 is 19.6 Å². The van der Waals surface area contributed by atoms with Gasteiger partial charge in [0.25, 0.3) is 0 Å². The van der Waals surface area contributed by atoms with Crippen LogP contribution in [0.15, 0.2) is 58.1 Å². The van der Waals surface area contributed by atoms with E-state index in [2.05, 4.69) is 26.5 Å². The molecule has 1 N–H and O–H groups in total. The van der Waals surface area contributed by atoms with E-state index in [1.54, 1.807) is 33.5 Å². The van der Waals surface area contributed by atoms with Crippen molar-refractivity contribution < 1.29 is 19.0 Å². The van der Waals surface area contributed by atoms with Crippen LogP contribution in [0.2, 0.25) is 0 Å². The molecular formula is C22H21BrN2O4. The Labute approximate surface area is 177 Å². The highest BCUT2D eigenvalue weighted by atomic mass is 79.9. The summed E-state index contributed by atoms with van der Waals surface area (Å²) in [5.41, 5.74) is 4.21. The Morgan fingerprint density at radius 2 is 1.66 bits per heavy atom. The van der Waals surface area contributed by atoms with Crippen LogP contribution in [-0.2, 0) is 11.2 Å². The highest BCUT2D eigenvalue weighted by Crippen LogP contribution is 2.37. The summed E-state index contributed by atoms with van der Waals surface area (Å²) in [5, 5.41) is 6.16. The van der Waals surface area contributed by atoms with Crippen LogP contribution in [0, 0.1) is 0 Å². The number of methoxy groups -OCH3 is 3. The third kappa shape index (κ3) is 4.68. The average Bonchev–Trinajstić information content (AvgIpc) is 2.75. The number of carbonyl (C=O) groups excluding carboxylic acids is 1. The molecule has 7 heteroatoms. The van der Waals surface area contributed by atoms with E-state index < -0.39 is 0 Å². The second kappa shape index (κ2) is 9.43. The molecule has 0 unspecified atom stereocenters. The van der Waals surface area contributed by atoms with Crippen molar-refractivity contribution in [2.24, 2.45) is 5.10 Å². The maximum Gasteiger partial charge on any atom is 0.244 e. The van der Waals surface area contributed by atoms with E-state index in [0.29, 0.717) is 22.8 Å². The van der Waals surface area contributed by atoms with Gasteiger partial charge in [0.1, 0.15) is 0 Å². The van der Waals surface area contributed by atoms with Crippen molar-refractivity contribution in [1.82, 2.24) is 5.43 Å². The van der Waals surface area contributed by atoms with E-state index in [1.807, 2.05) is 36.4 Å². The molecule has 0 saturated carbocycles. The zero-order valence-electron chi connectivity index (χ0n) is 16.4. The van der Waals surface area contributed by atoms with E-state index in [0.717, 1.165) is 20.8 Å². The fourth-order valence-corrected chi connectivity index (χ4v) is 3.52. The number of nitrogens with zero attached hydrogens (tertiary/aromatic N) is 1. The molecule has 0 radical (unpaired) electrons. The van der Waals surface area contributed by atoms with Crippen LogP contribution in [0.5, 0.6) is 17.2 Å². The molecule has 150 valence electrons. The van der Waals surface area contributed by atoms with Crippen LogP contribution in [0.4, 0.5) is 0 Å². The van der Waals surface area contributed by atoms with Crippen LogP contribution in [0.1, 0.15) is 11.1 Å². The summed E-state index contributed by atoms with van der Waals surface area (Å²) in [6, 6.07) is 15.3. The lowest BCUT2D eigenvalue weighted by atomic mass is 10.0. The van der Waals surface area contributed by atoms with E-state index in [-0.39, 0.29) is 12.3 Å². The second-order valence-electron chi connectivity index (χ2n) is 6.18. The van der Waals surface area contributed by atoms with Crippen molar-refractivity contribution in [3.63, 3.8) is 0 Å². The number of benzene rings is 3. The fraction of sp³-hybridized carbons (Fsp3) is 0.182. The van der Waals surface area contributed by atoms with Gasteiger partial charge in [-0.2, -0.15) is 5.10 Å². The van der Waals surface area contributed by atoms with E-state index in [1.165, 1.54) is 6.21 Å². The number of amides is 1. The molecule has 0 aliphatic carbocycles. The van der Waals surface area contributed by atoms with E-state index in [9.17, 15) is 4.79 Å². The predicted octanol–water partition coefficient (Wildman–Crippen LogP) is 4.32. The standard InChI is InChI=1S/C22H21BrN2O4/c1-27-19-10-14(11-20(28-2)22(19)29-3)13-24-25-21(26)12-15-8-9-18(23)17-7-5-4-6-16(15)17/h4-11,13H,12H2,1-3H3,(H,25,26)/b24-13-. The zero-order chi connectivity index (χ0) is 20.8. The Morgan fingerprint density at radius 3 is 2.28 bits per heavy atom. The van der Waals surface area contributed by atoms with Crippen molar-refractivity contribution in [2.75, 3.05) is 21.3 Å². The molecule has 6 nitrogen and oxygen atoms in total. The fourth-order valence-electron chi connectivity index (χ4n) is 3.05. The largest absolute Gasteiger partial charge is 0.493 e. The lowest BCUT2D eigenvalue weighted by molar-refractivity contribution is -0.120. The summed E-state index contributed by atoms with van der Waals surface area (Å²) in [4.78, 5) is 12.4.